The van der Waals surface area contributed by atoms with Crippen LogP contribution in [0.1, 0.15) is 39.5 Å². The Morgan fingerprint density at radius 2 is 2.09 bits per heavy atom. The zero-order chi connectivity index (χ0) is 16.1. The van der Waals surface area contributed by atoms with E-state index in [1.165, 1.54) is 6.08 Å². The number of aliphatic carboxylic acids is 1. The molecule has 0 saturated heterocycles. The topological polar surface area (TPSA) is 96.2 Å². The standard InChI is InChI=1S/C15H28N2O4.Li/c1-3-4-5-6-7-8-14(19)16-9-10-17(11-13(2)18)12-15(20)21;/h7-8,13,18H,3-6,9-12H2,1-2H3,(H,16,19)(H,20,21);/q;+1/p-1/b8-7+;. The molecule has 0 rings (SSSR count). The molecular weight excluding hydrogens is 279 g/mol. The third-order valence-electron chi connectivity index (χ3n) is 2.80. The van der Waals surface area contributed by atoms with Gasteiger partial charge in [-0.3, -0.25) is 14.7 Å². The summed E-state index contributed by atoms with van der Waals surface area (Å²) in [6.07, 6.45) is 6.92. The molecule has 1 unspecified atom stereocenters. The van der Waals surface area contributed by atoms with Crippen molar-refractivity contribution in [2.45, 2.75) is 45.6 Å². The molecule has 0 aromatic heterocycles. The van der Waals surface area contributed by atoms with E-state index >= 15 is 0 Å². The minimum Gasteiger partial charge on any atom is -0.859 e. The van der Waals surface area contributed by atoms with E-state index < -0.39 is 12.1 Å². The Morgan fingerprint density at radius 1 is 1.41 bits per heavy atom. The predicted molar refractivity (Wildman–Crippen MR) is 81.3 cm³/mol. The van der Waals surface area contributed by atoms with Gasteiger partial charge in [-0.1, -0.05) is 31.9 Å². The van der Waals surface area contributed by atoms with E-state index in [9.17, 15) is 15.0 Å². The van der Waals surface area contributed by atoms with Crippen molar-refractivity contribution in [2.75, 3.05) is 26.2 Å². The average Bonchev–Trinajstić information content (AvgIpc) is 2.37. The van der Waals surface area contributed by atoms with Gasteiger partial charge in [-0.05, 0) is 25.7 Å². The minimum atomic E-state index is -0.960. The molecule has 0 spiro atoms. The maximum Gasteiger partial charge on any atom is 1.00 e. The first-order chi connectivity index (χ1) is 9.95. The average molecular weight is 306 g/mol. The Balaban J connectivity index is 0. The number of unbranched alkanes of at least 4 members (excludes halogenated alkanes) is 3. The first-order valence-electron chi connectivity index (χ1n) is 7.46. The third-order valence-corrected chi connectivity index (χ3v) is 2.80. The Bertz CT molecular complexity index is 346. The first kappa shape index (κ1) is 23.5. The normalized spacial score (nSPS) is 13.4. The fraction of sp³-hybridized carbons (Fsp3) is 0.733. The van der Waals surface area contributed by atoms with Gasteiger partial charge in [0.2, 0.25) is 0 Å². The van der Waals surface area contributed by atoms with Crippen LogP contribution in [0.5, 0.6) is 0 Å². The Labute approximate surface area is 145 Å². The largest absolute Gasteiger partial charge is 1.00 e. The van der Waals surface area contributed by atoms with Crippen LogP contribution in [0.25, 0.3) is 0 Å². The summed E-state index contributed by atoms with van der Waals surface area (Å²) >= 11 is 0. The molecule has 0 fully saturated rings. The quantitative estimate of drug-likeness (QED) is 0.182. The second kappa shape index (κ2) is 15.1. The van der Waals surface area contributed by atoms with Crippen LogP contribution < -0.4 is 24.0 Å². The second-order valence-corrected chi connectivity index (χ2v) is 5.10. The minimum absolute atomic E-state index is 0. The molecule has 0 aromatic carbocycles. The van der Waals surface area contributed by atoms with Gasteiger partial charge in [0, 0.05) is 13.1 Å². The van der Waals surface area contributed by atoms with Crippen molar-refractivity contribution in [2.24, 2.45) is 4.99 Å². The van der Waals surface area contributed by atoms with Crippen LogP contribution in [0.15, 0.2) is 17.1 Å². The molecule has 0 radical (unpaired) electrons. The summed E-state index contributed by atoms with van der Waals surface area (Å²) in [4.78, 5) is 16.1. The van der Waals surface area contributed by atoms with Gasteiger partial charge in [0.15, 0.2) is 0 Å². The van der Waals surface area contributed by atoms with Gasteiger partial charge < -0.3 is 15.3 Å². The van der Waals surface area contributed by atoms with Gasteiger partial charge >= 0.3 is 24.8 Å². The molecule has 2 N–H and O–H groups in total. The number of aliphatic hydroxyl groups excluding tert-OH is 1. The number of carboxylic acid groups (broad SMARTS) is 1. The molecule has 0 amide bonds. The van der Waals surface area contributed by atoms with E-state index in [1.54, 1.807) is 11.8 Å². The van der Waals surface area contributed by atoms with Gasteiger partial charge in [-0.2, -0.15) is 0 Å². The number of hydrogen-bond donors (Lipinski definition) is 2. The van der Waals surface area contributed by atoms with E-state index in [0.29, 0.717) is 6.54 Å². The Morgan fingerprint density at radius 3 is 2.64 bits per heavy atom. The molecule has 7 heteroatoms. The van der Waals surface area contributed by atoms with Crippen molar-refractivity contribution < 1.29 is 39.0 Å². The van der Waals surface area contributed by atoms with Crippen molar-refractivity contribution in [1.29, 1.82) is 0 Å². The second-order valence-electron chi connectivity index (χ2n) is 5.10. The van der Waals surface area contributed by atoms with Gasteiger partial charge in [-0.25, -0.2) is 0 Å². The number of carboxylic acids is 1. The summed E-state index contributed by atoms with van der Waals surface area (Å²) in [5, 5.41) is 29.5. The number of nitrogens with zero attached hydrogens (tertiary/aromatic N) is 2. The zero-order valence-corrected chi connectivity index (χ0v) is 14.0. The van der Waals surface area contributed by atoms with Crippen molar-refractivity contribution in [3.05, 3.63) is 12.2 Å². The third kappa shape index (κ3) is 15.6. The van der Waals surface area contributed by atoms with Crippen molar-refractivity contribution >= 4 is 11.9 Å². The molecule has 122 valence electrons. The summed E-state index contributed by atoms with van der Waals surface area (Å²) < 4.78 is 0. The molecule has 0 bridgehead atoms. The summed E-state index contributed by atoms with van der Waals surface area (Å²) in [6, 6.07) is 0. The van der Waals surface area contributed by atoms with E-state index in [-0.39, 0.29) is 44.4 Å². The summed E-state index contributed by atoms with van der Waals surface area (Å²) in [6.45, 7) is 4.38. The maximum atomic E-state index is 11.5. The molecule has 0 aliphatic carbocycles. The molecule has 0 aliphatic rings. The van der Waals surface area contributed by atoms with E-state index in [1.807, 2.05) is 6.08 Å². The molecule has 6 nitrogen and oxygen atoms in total. The first-order valence-corrected chi connectivity index (χ1v) is 7.46. The van der Waals surface area contributed by atoms with Crippen LogP contribution in [-0.2, 0) is 4.79 Å². The summed E-state index contributed by atoms with van der Waals surface area (Å²) in [5.41, 5.74) is 0. The van der Waals surface area contributed by atoms with Crippen LogP contribution in [0.4, 0.5) is 0 Å². The number of hydrogen-bond acceptors (Lipinski definition) is 5. The number of aliphatic hydroxyl groups is 1. The molecule has 22 heavy (non-hydrogen) atoms. The van der Waals surface area contributed by atoms with Crippen molar-refractivity contribution in [3.63, 3.8) is 0 Å². The predicted octanol–water partition coefficient (Wildman–Crippen LogP) is -2.35. The molecule has 0 heterocycles. The van der Waals surface area contributed by atoms with Crippen LogP contribution in [-0.4, -0.2) is 59.3 Å². The number of allylic oxidation sites excluding steroid dienone is 1. The van der Waals surface area contributed by atoms with E-state index in [2.05, 4.69) is 11.9 Å². The number of aliphatic imine (C=N–C) groups is 1. The number of rotatable bonds is 12. The SMILES string of the molecule is CCCCC/C=C/C([O-])=NCCN(CC(=O)O)CC(C)O.[Li+]. The Kier molecular flexibility index (Phi) is 16.1. The fourth-order valence-electron chi connectivity index (χ4n) is 1.85. The molecule has 0 aliphatic heterocycles. The van der Waals surface area contributed by atoms with Crippen molar-refractivity contribution in [1.82, 2.24) is 4.90 Å². The van der Waals surface area contributed by atoms with Crippen LogP contribution in [0.2, 0.25) is 0 Å². The van der Waals surface area contributed by atoms with E-state index in [0.717, 1.165) is 25.7 Å². The van der Waals surface area contributed by atoms with Gasteiger partial charge in [0.1, 0.15) is 0 Å². The van der Waals surface area contributed by atoms with Crippen molar-refractivity contribution in [3.8, 4) is 0 Å². The van der Waals surface area contributed by atoms with Gasteiger partial charge in [-0.15, -0.1) is 0 Å². The van der Waals surface area contributed by atoms with Gasteiger partial charge in [0.05, 0.1) is 19.2 Å². The fourth-order valence-corrected chi connectivity index (χ4v) is 1.85. The summed E-state index contributed by atoms with van der Waals surface area (Å²) in [7, 11) is 0. The molecule has 1 atom stereocenters. The van der Waals surface area contributed by atoms with Gasteiger partial charge in [0.25, 0.3) is 0 Å². The van der Waals surface area contributed by atoms with Crippen LogP contribution >= 0.6 is 0 Å². The van der Waals surface area contributed by atoms with E-state index in [4.69, 9.17) is 5.11 Å². The van der Waals surface area contributed by atoms with Crippen LogP contribution in [0.3, 0.4) is 0 Å². The van der Waals surface area contributed by atoms with Crippen LogP contribution in [0, 0.1) is 0 Å². The smallest absolute Gasteiger partial charge is 0.859 e. The molecular formula is C15H27LiN2O4. The molecule has 0 saturated carbocycles. The molecule has 0 aromatic rings. The summed E-state index contributed by atoms with van der Waals surface area (Å²) in [5.74, 6) is -1.25. The Hall–Kier alpha value is -0.803. The zero-order valence-electron chi connectivity index (χ0n) is 14.0. The monoisotopic (exact) mass is 306 g/mol. The number of carbonyl (C=O) groups is 1. The maximum absolute atomic E-state index is 11.5.